The van der Waals surface area contributed by atoms with Gasteiger partial charge in [0, 0.05) is 0 Å². The zero-order valence-electron chi connectivity index (χ0n) is 11.8. The van der Waals surface area contributed by atoms with E-state index >= 15 is 0 Å². The maximum Gasteiger partial charge on any atom is 0.0721 e. The molecule has 2 aromatic carbocycles. The fourth-order valence-electron chi connectivity index (χ4n) is 1.57. The number of benzene rings is 2. The third-order valence-electron chi connectivity index (χ3n) is 2.44. The summed E-state index contributed by atoms with van der Waals surface area (Å²) in [4.78, 5) is 0. The Labute approximate surface area is 123 Å². The highest BCUT2D eigenvalue weighted by Gasteiger charge is 1.89. The molecule has 0 heterocycles. The Bertz CT molecular complexity index is 446. The van der Waals surface area contributed by atoms with Gasteiger partial charge in [0.1, 0.15) is 0 Å². The first-order valence-corrected chi connectivity index (χ1v) is 6.78. The van der Waals surface area contributed by atoms with E-state index in [-0.39, 0.29) is 7.43 Å². The van der Waals surface area contributed by atoms with Crippen molar-refractivity contribution in [2.45, 2.75) is 27.9 Å². The van der Waals surface area contributed by atoms with E-state index in [1.165, 1.54) is 11.1 Å². The molecule has 0 aliphatic rings. The Morgan fingerprint density at radius 2 is 1.40 bits per heavy atom. The first-order valence-electron chi connectivity index (χ1n) is 6.78. The molecule has 0 fully saturated rings. The lowest BCUT2D eigenvalue weighted by Crippen LogP contribution is -1.91. The largest absolute Gasteiger partial charge is 0.373 e. The van der Waals surface area contributed by atoms with Gasteiger partial charge in [0.2, 0.25) is 0 Å². The molecule has 2 aromatic rings. The van der Waals surface area contributed by atoms with Gasteiger partial charge in [-0.15, -0.1) is 0 Å². The lowest BCUT2D eigenvalue weighted by molar-refractivity contribution is 0.149. The molecule has 1 heteroatoms. The molecule has 0 atom stereocenters. The van der Waals surface area contributed by atoms with Crippen LogP contribution in [0.15, 0.2) is 66.7 Å². The van der Waals surface area contributed by atoms with Crippen molar-refractivity contribution in [2.75, 3.05) is 6.61 Å². The van der Waals surface area contributed by atoms with Crippen LogP contribution in [-0.2, 0) is 11.3 Å². The monoisotopic (exact) mass is 270 g/mol. The number of hydrogen-bond acceptors (Lipinski definition) is 1. The highest BCUT2D eigenvalue weighted by atomic mass is 16.5. The molecular formula is C19H26O. The van der Waals surface area contributed by atoms with Gasteiger partial charge in [-0.3, -0.25) is 0 Å². The zero-order chi connectivity index (χ0) is 13.8. The highest BCUT2D eigenvalue weighted by molar-refractivity contribution is 5.48. The van der Waals surface area contributed by atoms with Crippen LogP contribution < -0.4 is 0 Å². The smallest absolute Gasteiger partial charge is 0.0721 e. The summed E-state index contributed by atoms with van der Waals surface area (Å²) in [5.74, 6) is 0. The molecule has 0 bridgehead atoms. The van der Waals surface area contributed by atoms with Gasteiger partial charge in [-0.1, -0.05) is 94.1 Å². The van der Waals surface area contributed by atoms with Crippen molar-refractivity contribution in [1.82, 2.24) is 0 Å². The first kappa shape index (κ1) is 18.1. The van der Waals surface area contributed by atoms with Crippen molar-refractivity contribution < 1.29 is 4.74 Å². The summed E-state index contributed by atoms with van der Waals surface area (Å²) < 4.78 is 5.55. The van der Waals surface area contributed by atoms with Crippen LogP contribution in [0.1, 0.15) is 32.4 Å². The van der Waals surface area contributed by atoms with Crippen molar-refractivity contribution in [3.63, 3.8) is 0 Å². The lowest BCUT2D eigenvalue weighted by Gasteiger charge is -2.00. The van der Waals surface area contributed by atoms with Gasteiger partial charge in [0.25, 0.3) is 0 Å². The lowest BCUT2D eigenvalue weighted by atomic mass is 10.2. The summed E-state index contributed by atoms with van der Waals surface area (Å²) in [6.45, 7) is 5.31. The number of rotatable bonds is 5. The van der Waals surface area contributed by atoms with E-state index in [1.807, 2.05) is 56.3 Å². The van der Waals surface area contributed by atoms with Gasteiger partial charge in [0.15, 0.2) is 0 Å². The summed E-state index contributed by atoms with van der Waals surface area (Å²) in [7, 11) is 0. The Hall–Kier alpha value is -1.86. The topological polar surface area (TPSA) is 9.23 Å². The molecule has 20 heavy (non-hydrogen) atoms. The predicted molar refractivity (Wildman–Crippen MR) is 89.7 cm³/mol. The van der Waals surface area contributed by atoms with E-state index in [2.05, 4.69) is 30.3 Å². The summed E-state index contributed by atoms with van der Waals surface area (Å²) in [5.41, 5.74) is 2.41. The molecule has 0 N–H and O–H groups in total. The Morgan fingerprint density at radius 1 is 0.850 bits per heavy atom. The van der Waals surface area contributed by atoms with Crippen LogP contribution in [0.3, 0.4) is 0 Å². The summed E-state index contributed by atoms with van der Waals surface area (Å²) in [6, 6.07) is 20.4. The van der Waals surface area contributed by atoms with E-state index in [4.69, 9.17) is 4.74 Å². The number of ether oxygens (including phenoxy) is 1. The fraction of sp³-hybridized carbons (Fsp3) is 0.263. The Kier molecular flexibility index (Phi) is 11.1. The summed E-state index contributed by atoms with van der Waals surface area (Å²) in [5, 5.41) is 0. The van der Waals surface area contributed by atoms with Gasteiger partial charge in [-0.2, -0.15) is 0 Å². The molecule has 2 rings (SSSR count). The molecule has 0 amide bonds. The van der Waals surface area contributed by atoms with Crippen molar-refractivity contribution in [1.29, 1.82) is 0 Å². The van der Waals surface area contributed by atoms with Gasteiger partial charge in [-0.05, 0) is 11.1 Å². The quantitative estimate of drug-likeness (QED) is 0.644. The minimum atomic E-state index is 0. The van der Waals surface area contributed by atoms with Crippen LogP contribution in [-0.4, -0.2) is 6.61 Å². The average molecular weight is 270 g/mol. The van der Waals surface area contributed by atoms with Gasteiger partial charge < -0.3 is 4.74 Å². The standard InChI is InChI=1S/C16H16O.C2H6.CH4/c1-3-8-15(9-4-1)12-7-13-17-14-16-10-5-2-6-11-16;1-2;/h1-12H,13-14H2;1-2H3;1H4/b12-7+;;. The highest BCUT2D eigenvalue weighted by Crippen LogP contribution is 2.02. The minimum Gasteiger partial charge on any atom is -0.373 e. The van der Waals surface area contributed by atoms with E-state index in [0.29, 0.717) is 13.2 Å². The number of hydrogen-bond donors (Lipinski definition) is 0. The maximum absolute atomic E-state index is 5.55. The Balaban J connectivity index is 0.00000115. The van der Waals surface area contributed by atoms with Crippen LogP contribution >= 0.6 is 0 Å². The zero-order valence-corrected chi connectivity index (χ0v) is 11.8. The second-order valence-corrected chi connectivity index (χ2v) is 3.81. The SMILES string of the molecule is C.C(=C\c1ccccc1)/COCc1ccccc1.CC. The maximum atomic E-state index is 5.55. The van der Waals surface area contributed by atoms with Crippen LogP contribution in [0.4, 0.5) is 0 Å². The van der Waals surface area contributed by atoms with Crippen LogP contribution in [0, 0.1) is 0 Å². The normalized spacial score (nSPS) is 9.50. The molecule has 108 valence electrons. The molecule has 1 nitrogen and oxygen atoms in total. The summed E-state index contributed by atoms with van der Waals surface area (Å²) >= 11 is 0. The molecule has 0 radical (unpaired) electrons. The van der Waals surface area contributed by atoms with Gasteiger partial charge in [-0.25, -0.2) is 0 Å². The van der Waals surface area contributed by atoms with Crippen LogP contribution in [0.25, 0.3) is 6.08 Å². The Morgan fingerprint density at radius 3 is 2.00 bits per heavy atom. The second kappa shape index (κ2) is 12.2. The molecule has 0 aliphatic heterocycles. The van der Waals surface area contributed by atoms with Crippen molar-refractivity contribution in [3.05, 3.63) is 77.9 Å². The van der Waals surface area contributed by atoms with E-state index in [1.54, 1.807) is 0 Å². The molecule has 0 aliphatic carbocycles. The summed E-state index contributed by atoms with van der Waals surface area (Å²) in [6.07, 6.45) is 4.11. The van der Waals surface area contributed by atoms with Crippen molar-refractivity contribution in [2.24, 2.45) is 0 Å². The average Bonchev–Trinajstić information content (AvgIpc) is 2.51. The van der Waals surface area contributed by atoms with Gasteiger partial charge in [0.05, 0.1) is 13.2 Å². The fourth-order valence-corrected chi connectivity index (χ4v) is 1.57. The van der Waals surface area contributed by atoms with Crippen LogP contribution in [0.2, 0.25) is 0 Å². The van der Waals surface area contributed by atoms with Crippen molar-refractivity contribution in [3.8, 4) is 0 Å². The van der Waals surface area contributed by atoms with E-state index in [9.17, 15) is 0 Å². The third-order valence-corrected chi connectivity index (χ3v) is 2.44. The molecular weight excluding hydrogens is 244 g/mol. The molecule has 0 saturated carbocycles. The van der Waals surface area contributed by atoms with Gasteiger partial charge >= 0.3 is 0 Å². The van der Waals surface area contributed by atoms with E-state index < -0.39 is 0 Å². The minimum absolute atomic E-state index is 0. The third kappa shape index (κ3) is 7.55. The second-order valence-electron chi connectivity index (χ2n) is 3.81. The van der Waals surface area contributed by atoms with Crippen LogP contribution in [0.5, 0.6) is 0 Å². The molecule has 0 aromatic heterocycles. The van der Waals surface area contributed by atoms with E-state index in [0.717, 1.165) is 0 Å². The predicted octanol–water partition coefficient (Wildman–Crippen LogP) is 5.58. The first-order chi connectivity index (χ1) is 9.45. The molecule has 0 spiro atoms. The molecule has 0 saturated heterocycles. The van der Waals surface area contributed by atoms with Crippen molar-refractivity contribution >= 4 is 6.08 Å². The molecule has 0 unspecified atom stereocenters.